The maximum atomic E-state index is 12.1. The summed E-state index contributed by atoms with van der Waals surface area (Å²) in [6.45, 7) is 2.88. The van der Waals surface area contributed by atoms with Gasteiger partial charge in [-0.1, -0.05) is 29.8 Å². The summed E-state index contributed by atoms with van der Waals surface area (Å²) in [4.78, 5) is 26.3. The van der Waals surface area contributed by atoms with Gasteiger partial charge in [-0.25, -0.2) is 0 Å². The van der Waals surface area contributed by atoms with Gasteiger partial charge in [0.2, 0.25) is 5.91 Å². The minimum atomic E-state index is -0.0700. The van der Waals surface area contributed by atoms with Crippen molar-refractivity contribution in [2.45, 2.75) is 19.8 Å². The van der Waals surface area contributed by atoms with Crippen LogP contribution in [0.25, 0.3) is 0 Å². The predicted octanol–water partition coefficient (Wildman–Crippen LogP) is 4.21. The molecule has 0 spiro atoms. The lowest BCUT2D eigenvalue weighted by molar-refractivity contribution is -0.130. The fraction of sp³-hybridized carbons (Fsp3) is 0.333. The van der Waals surface area contributed by atoms with Crippen LogP contribution in [0.15, 0.2) is 36.4 Å². The van der Waals surface area contributed by atoms with Gasteiger partial charge >= 0.3 is 0 Å². The van der Waals surface area contributed by atoms with Crippen LogP contribution in [-0.4, -0.2) is 36.8 Å². The molecule has 0 atom stereocenters. The first-order valence-electron chi connectivity index (χ1n) is 7.68. The molecule has 0 saturated carbocycles. The zero-order valence-electron chi connectivity index (χ0n) is 13.8. The summed E-state index contributed by atoms with van der Waals surface area (Å²) < 4.78 is 6.26. The Labute approximate surface area is 151 Å². The number of ether oxygens (including phenoxy) is 1. The first-order valence-corrected chi connectivity index (χ1v) is 8.87. The van der Waals surface area contributed by atoms with Gasteiger partial charge in [-0.15, -0.1) is 11.3 Å². The molecule has 1 aromatic heterocycles. The van der Waals surface area contributed by atoms with E-state index >= 15 is 0 Å². The van der Waals surface area contributed by atoms with Crippen molar-refractivity contribution in [3.8, 4) is 5.75 Å². The largest absolute Gasteiger partial charge is 0.491 e. The van der Waals surface area contributed by atoms with Gasteiger partial charge in [0.25, 0.3) is 0 Å². The molecule has 0 unspecified atom stereocenters. The van der Waals surface area contributed by atoms with Crippen LogP contribution in [0, 0.1) is 6.92 Å². The lowest BCUT2D eigenvalue weighted by Crippen LogP contribution is -2.31. The average Bonchev–Trinajstić information content (AvgIpc) is 3.00. The topological polar surface area (TPSA) is 46.6 Å². The van der Waals surface area contributed by atoms with E-state index in [0.29, 0.717) is 22.4 Å². The molecule has 6 heteroatoms. The Balaban J connectivity index is 1.72. The van der Waals surface area contributed by atoms with Crippen molar-refractivity contribution in [2.24, 2.45) is 0 Å². The van der Waals surface area contributed by atoms with Gasteiger partial charge < -0.3 is 9.64 Å². The number of nitrogens with zero attached hydrogens (tertiary/aromatic N) is 1. The molecule has 1 amide bonds. The molecule has 0 saturated heterocycles. The molecule has 128 valence electrons. The summed E-state index contributed by atoms with van der Waals surface area (Å²) in [5, 5.41) is 0. The Kier molecular flexibility index (Phi) is 6.82. The van der Waals surface area contributed by atoms with Crippen molar-refractivity contribution in [3.63, 3.8) is 0 Å². The second-order valence-electron chi connectivity index (χ2n) is 5.46. The van der Waals surface area contributed by atoms with Crippen molar-refractivity contribution in [3.05, 3.63) is 51.2 Å². The van der Waals surface area contributed by atoms with E-state index in [2.05, 4.69) is 0 Å². The number of thiophene rings is 1. The van der Waals surface area contributed by atoms with Crippen LogP contribution in [0.2, 0.25) is 4.34 Å². The number of amides is 1. The van der Waals surface area contributed by atoms with E-state index in [0.717, 1.165) is 11.3 Å². The van der Waals surface area contributed by atoms with Crippen LogP contribution in [0.5, 0.6) is 5.75 Å². The number of hydrogen-bond donors (Lipinski definition) is 0. The molecule has 2 rings (SSSR count). The summed E-state index contributed by atoms with van der Waals surface area (Å²) in [7, 11) is 1.72. The highest BCUT2D eigenvalue weighted by Crippen LogP contribution is 2.23. The van der Waals surface area contributed by atoms with E-state index in [1.807, 2.05) is 31.2 Å². The first kappa shape index (κ1) is 18.5. The second kappa shape index (κ2) is 8.85. The van der Waals surface area contributed by atoms with Crippen LogP contribution in [0.4, 0.5) is 0 Å². The fourth-order valence-electron chi connectivity index (χ4n) is 2.13. The standard InChI is InChI=1S/C18H20ClNO3S/c1-13-5-3-4-6-15(13)23-12-11-20(2)18(22)10-7-14(21)16-8-9-17(19)24-16/h3-6,8-9H,7,10-12H2,1-2H3. The van der Waals surface area contributed by atoms with E-state index in [-0.39, 0.29) is 24.5 Å². The molecule has 4 nitrogen and oxygen atoms in total. The van der Waals surface area contributed by atoms with Crippen LogP contribution in [0.3, 0.4) is 0 Å². The number of halogens is 1. The van der Waals surface area contributed by atoms with Crippen molar-refractivity contribution >= 4 is 34.6 Å². The highest BCUT2D eigenvalue weighted by atomic mass is 35.5. The van der Waals surface area contributed by atoms with Gasteiger partial charge in [0.1, 0.15) is 12.4 Å². The second-order valence-corrected chi connectivity index (χ2v) is 7.17. The number of likely N-dealkylation sites (N-methyl/N-ethyl adjacent to an activating group) is 1. The molecule has 1 aromatic carbocycles. The van der Waals surface area contributed by atoms with Crippen molar-refractivity contribution in [1.29, 1.82) is 0 Å². The zero-order chi connectivity index (χ0) is 17.5. The smallest absolute Gasteiger partial charge is 0.222 e. The van der Waals surface area contributed by atoms with E-state index in [9.17, 15) is 9.59 Å². The van der Waals surface area contributed by atoms with Gasteiger partial charge in [0.15, 0.2) is 5.78 Å². The lowest BCUT2D eigenvalue weighted by atomic mass is 10.2. The minimum absolute atomic E-state index is 0.0511. The van der Waals surface area contributed by atoms with Gasteiger partial charge in [0, 0.05) is 19.9 Å². The Morgan fingerprint density at radius 3 is 2.58 bits per heavy atom. The molecule has 2 aromatic rings. The molecule has 24 heavy (non-hydrogen) atoms. The first-order chi connectivity index (χ1) is 11.5. The number of carbonyl (C=O) groups excluding carboxylic acids is 2. The number of ketones is 1. The van der Waals surface area contributed by atoms with Gasteiger partial charge in [-0.2, -0.15) is 0 Å². The third-order valence-corrected chi connectivity index (χ3v) is 4.89. The number of aryl methyl sites for hydroxylation is 1. The maximum absolute atomic E-state index is 12.1. The number of benzene rings is 1. The number of para-hydroxylation sites is 1. The van der Waals surface area contributed by atoms with Crippen LogP contribution in [-0.2, 0) is 4.79 Å². The Morgan fingerprint density at radius 1 is 1.17 bits per heavy atom. The molecule has 0 radical (unpaired) electrons. The Hall–Kier alpha value is -1.85. The average molecular weight is 366 g/mol. The van der Waals surface area contributed by atoms with Gasteiger partial charge in [0.05, 0.1) is 15.8 Å². The van der Waals surface area contributed by atoms with E-state index in [4.69, 9.17) is 16.3 Å². The Bertz CT molecular complexity index is 714. The summed E-state index contributed by atoms with van der Waals surface area (Å²) in [6.07, 6.45) is 0.383. The molecular formula is C18H20ClNO3S. The normalized spacial score (nSPS) is 10.5. The molecule has 1 heterocycles. The van der Waals surface area contributed by atoms with E-state index in [1.54, 1.807) is 24.1 Å². The maximum Gasteiger partial charge on any atom is 0.222 e. The van der Waals surface area contributed by atoms with Crippen LogP contribution in [0.1, 0.15) is 28.1 Å². The lowest BCUT2D eigenvalue weighted by Gasteiger charge is -2.17. The van der Waals surface area contributed by atoms with Crippen LogP contribution >= 0.6 is 22.9 Å². The highest BCUT2D eigenvalue weighted by molar-refractivity contribution is 7.18. The van der Waals surface area contributed by atoms with E-state index < -0.39 is 0 Å². The quantitative estimate of drug-likeness (QED) is 0.658. The molecule has 0 aliphatic rings. The predicted molar refractivity (Wildman–Crippen MR) is 97.2 cm³/mol. The Morgan fingerprint density at radius 2 is 1.92 bits per heavy atom. The third-order valence-electron chi connectivity index (χ3n) is 3.62. The number of Topliss-reactive ketones (excluding diaryl/α,β-unsaturated/α-hetero) is 1. The molecular weight excluding hydrogens is 346 g/mol. The number of carbonyl (C=O) groups is 2. The molecule has 0 N–H and O–H groups in total. The number of rotatable bonds is 8. The monoisotopic (exact) mass is 365 g/mol. The van der Waals surface area contributed by atoms with Gasteiger partial charge in [-0.05, 0) is 30.7 Å². The zero-order valence-corrected chi connectivity index (χ0v) is 15.3. The SMILES string of the molecule is Cc1ccccc1OCCN(C)C(=O)CCC(=O)c1ccc(Cl)s1. The van der Waals surface area contributed by atoms with Crippen molar-refractivity contribution in [1.82, 2.24) is 4.90 Å². The van der Waals surface area contributed by atoms with Crippen molar-refractivity contribution in [2.75, 3.05) is 20.2 Å². The van der Waals surface area contributed by atoms with E-state index in [1.165, 1.54) is 11.3 Å². The number of hydrogen-bond acceptors (Lipinski definition) is 4. The third kappa shape index (κ3) is 5.35. The molecule has 0 aliphatic heterocycles. The summed E-state index contributed by atoms with van der Waals surface area (Å²) in [5.41, 5.74) is 1.06. The fourth-order valence-corrected chi connectivity index (χ4v) is 3.14. The summed E-state index contributed by atoms with van der Waals surface area (Å²) in [6, 6.07) is 11.1. The molecule has 0 bridgehead atoms. The highest BCUT2D eigenvalue weighted by Gasteiger charge is 2.14. The molecule has 0 aliphatic carbocycles. The van der Waals surface area contributed by atoms with Gasteiger partial charge in [-0.3, -0.25) is 9.59 Å². The summed E-state index contributed by atoms with van der Waals surface area (Å²) >= 11 is 7.05. The molecule has 0 fully saturated rings. The summed E-state index contributed by atoms with van der Waals surface area (Å²) in [5.74, 6) is 0.701. The van der Waals surface area contributed by atoms with Crippen molar-refractivity contribution < 1.29 is 14.3 Å². The van der Waals surface area contributed by atoms with Crippen LogP contribution < -0.4 is 4.74 Å². The minimum Gasteiger partial charge on any atom is -0.491 e.